The van der Waals surface area contributed by atoms with Gasteiger partial charge in [0.15, 0.2) is 12.2 Å². The third-order valence-electron chi connectivity index (χ3n) is 3.38. The number of fused-ring (bicyclic) bond motifs is 1. The highest BCUT2D eigenvalue weighted by Crippen LogP contribution is 2.20. The average molecular weight is 361 g/mol. The lowest BCUT2D eigenvalue weighted by Gasteiger charge is -2.05. The van der Waals surface area contributed by atoms with Crippen molar-refractivity contribution in [3.63, 3.8) is 0 Å². The summed E-state index contributed by atoms with van der Waals surface area (Å²) < 4.78 is 11.0. The number of aromatic nitrogens is 1. The van der Waals surface area contributed by atoms with Crippen LogP contribution in [0.25, 0.3) is 11.1 Å². The van der Waals surface area contributed by atoms with Crippen molar-refractivity contribution in [2.75, 3.05) is 13.2 Å². The highest BCUT2D eigenvalue weighted by atomic mass is 16.6. The Hall–Kier alpha value is -3.61. The topological polar surface area (TPSA) is 134 Å². The molecule has 0 radical (unpaired) electrons. The first-order valence-electron chi connectivity index (χ1n) is 7.56. The molecule has 1 aromatic carbocycles. The van der Waals surface area contributed by atoms with Gasteiger partial charge in [0.2, 0.25) is 0 Å². The number of terminal acetylenes is 1. The number of oxazole rings is 1. The Morgan fingerprint density at radius 2 is 2.19 bits per heavy atom. The van der Waals surface area contributed by atoms with Crippen molar-refractivity contribution in [1.29, 1.82) is 0 Å². The van der Waals surface area contributed by atoms with E-state index in [4.69, 9.17) is 15.6 Å². The van der Waals surface area contributed by atoms with E-state index >= 15 is 0 Å². The Morgan fingerprint density at radius 1 is 1.42 bits per heavy atom. The van der Waals surface area contributed by atoms with E-state index in [1.807, 2.05) is 0 Å². The molecule has 10 nitrogen and oxygen atoms in total. The summed E-state index contributed by atoms with van der Waals surface area (Å²) in [6.07, 6.45) is 5.22. The van der Waals surface area contributed by atoms with Crippen LogP contribution in [0.15, 0.2) is 27.4 Å². The van der Waals surface area contributed by atoms with Gasteiger partial charge in [-0.3, -0.25) is 24.3 Å². The number of benzene rings is 1. The Morgan fingerprint density at radius 3 is 2.88 bits per heavy atom. The molecule has 136 valence electrons. The number of ether oxygens (including phenoxy) is 1. The number of non-ortho nitro benzene ring substituents is 1. The van der Waals surface area contributed by atoms with Crippen LogP contribution in [-0.2, 0) is 20.9 Å². The smallest absolute Gasteiger partial charge is 0.419 e. The van der Waals surface area contributed by atoms with E-state index in [1.165, 1.54) is 16.7 Å². The molecule has 0 bridgehead atoms. The largest absolute Gasteiger partial charge is 0.456 e. The van der Waals surface area contributed by atoms with Gasteiger partial charge in [-0.2, -0.15) is 0 Å². The van der Waals surface area contributed by atoms with Crippen LogP contribution in [0.5, 0.6) is 0 Å². The normalized spacial score (nSPS) is 10.3. The Bertz CT molecular complexity index is 935. The number of hydrogen-bond donors (Lipinski definition) is 1. The third-order valence-corrected chi connectivity index (χ3v) is 3.38. The van der Waals surface area contributed by atoms with Crippen molar-refractivity contribution in [3.05, 3.63) is 38.9 Å². The second kappa shape index (κ2) is 8.48. The molecule has 0 fully saturated rings. The summed E-state index contributed by atoms with van der Waals surface area (Å²) in [7, 11) is 0. The quantitative estimate of drug-likeness (QED) is 0.314. The number of amides is 1. The molecule has 1 N–H and O–H groups in total. The number of nitrogens with zero attached hydrogens (tertiary/aromatic N) is 2. The number of rotatable bonds is 8. The molecule has 0 aliphatic heterocycles. The number of hydrogen-bond acceptors (Lipinski definition) is 7. The molecule has 1 heterocycles. The lowest BCUT2D eigenvalue weighted by molar-refractivity contribution is -0.384. The van der Waals surface area contributed by atoms with E-state index in [0.29, 0.717) is 5.52 Å². The second-order valence-corrected chi connectivity index (χ2v) is 5.17. The highest BCUT2D eigenvalue weighted by Gasteiger charge is 2.14. The molecule has 2 rings (SSSR count). The number of nitro benzene ring substituents is 1. The number of esters is 1. The summed E-state index contributed by atoms with van der Waals surface area (Å²) in [5.41, 5.74) is 0.296. The fourth-order valence-corrected chi connectivity index (χ4v) is 2.18. The second-order valence-electron chi connectivity index (χ2n) is 5.17. The zero-order valence-electron chi connectivity index (χ0n) is 13.6. The van der Waals surface area contributed by atoms with Crippen LogP contribution in [0.4, 0.5) is 5.69 Å². The molecule has 0 saturated carbocycles. The van der Waals surface area contributed by atoms with Gasteiger partial charge < -0.3 is 14.5 Å². The van der Waals surface area contributed by atoms with Crippen LogP contribution >= 0.6 is 0 Å². The summed E-state index contributed by atoms with van der Waals surface area (Å²) in [5.74, 6) is 0.432. The van der Waals surface area contributed by atoms with Crippen molar-refractivity contribution < 1.29 is 23.7 Å². The van der Waals surface area contributed by atoms with Gasteiger partial charge >= 0.3 is 11.7 Å². The fraction of sp³-hybridized carbons (Fsp3) is 0.312. The lowest BCUT2D eigenvalue weighted by atomic mass is 10.2. The monoisotopic (exact) mass is 361 g/mol. The minimum atomic E-state index is -0.678. The molecule has 1 aromatic heterocycles. The molecular weight excluding hydrogens is 346 g/mol. The summed E-state index contributed by atoms with van der Waals surface area (Å²) in [5, 5.41) is 13.1. The SMILES string of the molecule is C#CCNC(=O)COC(=O)CCCn1c(=O)oc2cc([N+](=O)[O-])ccc21. The average Bonchev–Trinajstić information content (AvgIpc) is 2.92. The Balaban J connectivity index is 1.90. The van der Waals surface area contributed by atoms with Gasteiger partial charge in [0.1, 0.15) is 0 Å². The standard InChI is InChI=1S/C16H15N3O7/c1-2-7-17-14(20)10-25-15(21)4-3-8-18-12-6-5-11(19(23)24)9-13(12)26-16(18)22/h1,5-6,9H,3-4,7-8,10H2,(H,17,20). The van der Waals surface area contributed by atoms with E-state index in [1.54, 1.807) is 0 Å². The zero-order chi connectivity index (χ0) is 19.1. The predicted octanol–water partition coefficient (Wildman–Crippen LogP) is 0.575. The van der Waals surface area contributed by atoms with Crippen LogP contribution in [0.1, 0.15) is 12.8 Å². The maximum Gasteiger partial charge on any atom is 0.419 e. The summed E-state index contributed by atoms with van der Waals surface area (Å²) in [6, 6.07) is 3.83. The minimum Gasteiger partial charge on any atom is -0.456 e. The van der Waals surface area contributed by atoms with Gasteiger partial charge in [0, 0.05) is 19.0 Å². The fourth-order valence-electron chi connectivity index (χ4n) is 2.18. The number of nitrogens with one attached hydrogen (secondary N) is 1. The number of aryl methyl sites for hydroxylation is 1. The first-order valence-corrected chi connectivity index (χ1v) is 7.56. The van der Waals surface area contributed by atoms with Gasteiger partial charge in [-0.05, 0) is 12.5 Å². The first-order chi connectivity index (χ1) is 12.4. The Kier molecular flexibility index (Phi) is 6.10. The molecule has 1 amide bonds. The van der Waals surface area contributed by atoms with Crippen molar-refractivity contribution in [2.24, 2.45) is 0 Å². The van der Waals surface area contributed by atoms with Crippen molar-refractivity contribution in [1.82, 2.24) is 9.88 Å². The van der Waals surface area contributed by atoms with Crippen LogP contribution < -0.4 is 11.1 Å². The third kappa shape index (κ3) is 4.70. The molecule has 0 spiro atoms. The summed E-state index contributed by atoms with van der Waals surface area (Å²) in [6.45, 7) is -0.230. The zero-order valence-corrected chi connectivity index (χ0v) is 13.6. The summed E-state index contributed by atoms with van der Waals surface area (Å²) >= 11 is 0. The van der Waals surface area contributed by atoms with Gasteiger partial charge in [0.25, 0.3) is 11.6 Å². The van der Waals surface area contributed by atoms with Gasteiger partial charge in [-0.1, -0.05) is 5.92 Å². The highest BCUT2D eigenvalue weighted by molar-refractivity contribution is 5.80. The van der Waals surface area contributed by atoms with Crippen LogP contribution in [0.3, 0.4) is 0 Å². The Labute approximate surface area is 146 Å². The lowest BCUT2D eigenvalue weighted by Crippen LogP contribution is -2.29. The molecule has 2 aromatic rings. The maximum absolute atomic E-state index is 11.9. The number of nitro groups is 1. The van der Waals surface area contributed by atoms with Crippen molar-refractivity contribution in [3.8, 4) is 12.3 Å². The predicted molar refractivity (Wildman–Crippen MR) is 89.2 cm³/mol. The molecule has 0 atom stereocenters. The number of carbonyl (C=O) groups excluding carboxylic acids is 2. The van der Waals surface area contributed by atoms with Crippen molar-refractivity contribution >= 4 is 28.7 Å². The molecule has 10 heteroatoms. The molecular formula is C16H15N3O7. The van der Waals surface area contributed by atoms with E-state index < -0.39 is 29.2 Å². The molecule has 26 heavy (non-hydrogen) atoms. The van der Waals surface area contributed by atoms with E-state index in [9.17, 15) is 24.5 Å². The molecule has 0 aliphatic carbocycles. The van der Waals surface area contributed by atoms with Gasteiger partial charge in [0.05, 0.1) is 23.1 Å². The van der Waals surface area contributed by atoms with Gasteiger partial charge in [-0.15, -0.1) is 6.42 Å². The van der Waals surface area contributed by atoms with Crippen molar-refractivity contribution in [2.45, 2.75) is 19.4 Å². The van der Waals surface area contributed by atoms with Crippen LogP contribution in [-0.4, -0.2) is 34.5 Å². The van der Waals surface area contributed by atoms with E-state index in [0.717, 1.165) is 6.07 Å². The van der Waals surface area contributed by atoms with Crippen LogP contribution in [0, 0.1) is 22.5 Å². The van der Waals surface area contributed by atoms with E-state index in [-0.39, 0.29) is 37.2 Å². The number of carbonyl (C=O) groups is 2. The minimum absolute atomic E-state index is 0.0193. The van der Waals surface area contributed by atoms with E-state index in [2.05, 4.69) is 11.2 Å². The molecule has 0 saturated heterocycles. The summed E-state index contributed by atoms with van der Waals surface area (Å²) in [4.78, 5) is 44.8. The first kappa shape index (κ1) is 18.7. The van der Waals surface area contributed by atoms with Crippen LogP contribution in [0.2, 0.25) is 0 Å². The maximum atomic E-state index is 11.9. The molecule has 0 aliphatic rings. The molecule has 0 unspecified atom stereocenters. The van der Waals surface area contributed by atoms with Gasteiger partial charge in [-0.25, -0.2) is 4.79 Å².